The summed E-state index contributed by atoms with van der Waals surface area (Å²) in [6.07, 6.45) is 3.53. The lowest BCUT2D eigenvalue weighted by molar-refractivity contribution is 0.140. The molecule has 0 aromatic heterocycles. The minimum absolute atomic E-state index is 0.928. The zero-order chi connectivity index (χ0) is 11.5. The van der Waals surface area contributed by atoms with Gasteiger partial charge in [-0.3, -0.25) is 4.90 Å². The molecule has 2 heterocycles. The van der Waals surface area contributed by atoms with Gasteiger partial charge in [0.1, 0.15) is 0 Å². The van der Waals surface area contributed by atoms with Crippen molar-refractivity contribution < 1.29 is 4.74 Å². The lowest BCUT2D eigenvalue weighted by atomic mass is 10.0. The van der Waals surface area contributed by atoms with Crippen LogP contribution in [0.15, 0.2) is 41.7 Å². The van der Waals surface area contributed by atoms with Crippen molar-refractivity contribution in [2.24, 2.45) is 0 Å². The van der Waals surface area contributed by atoms with Gasteiger partial charge in [-0.1, -0.05) is 30.3 Å². The molecule has 90 valence electrons. The molecule has 1 aromatic carbocycles. The summed E-state index contributed by atoms with van der Waals surface area (Å²) in [5.41, 5.74) is 2.95. The van der Waals surface area contributed by atoms with Crippen LogP contribution in [0.2, 0.25) is 0 Å². The molecule has 0 unspecified atom stereocenters. The molecule has 2 nitrogen and oxygen atoms in total. The maximum Gasteiger partial charge on any atom is 0.0977 e. The fourth-order valence-corrected chi connectivity index (χ4v) is 2.72. The maximum absolute atomic E-state index is 5.73. The van der Waals surface area contributed by atoms with Gasteiger partial charge in [-0.25, -0.2) is 0 Å². The van der Waals surface area contributed by atoms with E-state index in [4.69, 9.17) is 4.74 Å². The summed E-state index contributed by atoms with van der Waals surface area (Å²) in [5, 5.41) is 0. The molecule has 0 amide bonds. The molecule has 2 aliphatic rings. The quantitative estimate of drug-likeness (QED) is 0.773. The number of nitrogens with zero attached hydrogens (tertiary/aromatic N) is 1. The van der Waals surface area contributed by atoms with E-state index in [1.165, 1.54) is 24.2 Å². The van der Waals surface area contributed by atoms with E-state index >= 15 is 0 Å². The van der Waals surface area contributed by atoms with E-state index in [2.05, 4.69) is 35.2 Å². The van der Waals surface area contributed by atoms with E-state index in [9.17, 15) is 0 Å². The fourth-order valence-electron chi connectivity index (χ4n) is 2.72. The first-order valence-electron chi connectivity index (χ1n) is 6.52. The lowest BCUT2D eigenvalue weighted by Crippen LogP contribution is -2.33. The Balaban J connectivity index is 1.66. The number of hydrogen-bond donors (Lipinski definition) is 0. The van der Waals surface area contributed by atoms with Crippen LogP contribution in [-0.4, -0.2) is 24.6 Å². The monoisotopic (exact) mass is 229 g/mol. The van der Waals surface area contributed by atoms with Crippen molar-refractivity contribution in [2.45, 2.75) is 25.8 Å². The van der Waals surface area contributed by atoms with Crippen molar-refractivity contribution in [3.8, 4) is 0 Å². The number of rotatable bonds is 2. The summed E-state index contributed by atoms with van der Waals surface area (Å²) in [6, 6.07) is 10.7. The molecule has 0 fully saturated rings. The van der Waals surface area contributed by atoms with Crippen LogP contribution in [0.4, 0.5) is 0 Å². The number of hydrogen-bond acceptors (Lipinski definition) is 2. The zero-order valence-electron chi connectivity index (χ0n) is 10.2. The van der Waals surface area contributed by atoms with E-state index in [1.54, 1.807) is 5.57 Å². The molecule has 0 spiro atoms. The van der Waals surface area contributed by atoms with Crippen LogP contribution in [0.25, 0.3) is 0 Å². The molecule has 0 saturated heterocycles. The second kappa shape index (κ2) is 4.92. The Hall–Kier alpha value is -1.28. The van der Waals surface area contributed by atoms with E-state index in [1.807, 2.05) is 0 Å². The van der Waals surface area contributed by atoms with Crippen LogP contribution in [0.5, 0.6) is 0 Å². The standard InChI is InChI=1S/C15H19NO/c1-2-5-13(6-3-1)11-16-9-8-15-14(12-16)7-4-10-17-15/h1-3,5-6H,4,7-12H2. The van der Waals surface area contributed by atoms with Gasteiger partial charge in [-0.05, 0) is 24.0 Å². The summed E-state index contributed by atoms with van der Waals surface area (Å²) < 4.78 is 5.73. The molecule has 0 aliphatic carbocycles. The van der Waals surface area contributed by atoms with E-state index in [0.29, 0.717) is 0 Å². The van der Waals surface area contributed by atoms with Crippen molar-refractivity contribution in [2.75, 3.05) is 19.7 Å². The molecule has 2 heteroatoms. The highest BCUT2D eigenvalue weighted by Crippen LogP contribution is 2.27. The first-order chi connectivity index (χ1) is 8.42. The normalized spacial score (nSPS) is 20.9. The Labute approximate surface area is 103 Å². The van der Waals surface area contributed by atoms with Gasteiger partial charge in [0.2, 0.25) is 0 Å². The predicted molar refractivity (Wildman–Crippen MR) is 68.5 cm³/mol. The minimum Gasteiger partial charge on any atom is -0.498 e. The Morgan fingerprint density at radius 2 is 2.00 bits per heavy atom. The van der Waals surface area contributed by atoms with Gasteiger partial charge in [-0.2, -0.15) is 0 Å². The molecular formula is C15H19NO. The van der Waals surface area contributed by atoms with E-state index in [-0.39, 0.29) is 0 Å². The van der Waals surface area contributed by atoms with Crippen LogP contribution in [0.3, 0.4) is 0 Å². The first kappa shape index (κ1) is 10.8. The Kier molecular flexibility index (Phi) is 3.14. The van der Waals surface area contributed by atoms with E-state index in [0.717, 1.165) is 32.7 Å². The molecule has 0 radical (unpaired) electrons. The smallest absolute Gasteiger partial charge is 0.0977 e. The topological polar surface area (TPSA) is 12.5 Å². The summed E-state index contributed by atoms with van der Waals surface area (Å²) >= 11 is 0. The van der Waals surface area contributed by atoms with Crippen molar-refractivity contribution in [3.05, 3.63) is 47.2 Å². The van der Waals surface area contributed by atoms with Gasteiger partial charge in [0.25, 0.3) is 0 Å². The van der Waals surface area contributed by atoms with Crippen LogP contribution in [0, 0.1) is 0 Å². The summed E-state index contributed by atoms with van der Waals surface area (Å²) in [7, 11) is 0. The van der Waals surface area contributed by atoms with Crippen molar-refractivity contribution in [3.63, 3.8) is 0 Å². The largest absolute Gasteiger partial charge is 0.498 e. The second-order valence-corrected chi connectivity index (χ2v) is 4.92. The Morgan fingerprint density at radius 1 is 1.12 bits per heavy atom. The van der Waals surface area contributed by atoms with Crippen LogP contribution in [0.1, 0.15) is 24.8 Å². The number of ether oxygens (including phenoxy) is 1. The molecule has 17 heavy (non-hydrogen) atoms. The highest BCUT2D eigenvalue weighted by Gasteiger charge is 2.22. The molecule has 2 aliphatic heterocycles. The third kappa shape index (κ3) is 2.52. The molecule has 0 atom stereocenters. The summed E-state index contributed by atoms with van der Waals surface area (Å²) in [5.74, 6) is 1.29. The predicted octanol–water partition coefficient (Wildman–Crippen LogP) is 2.96. The zero-order valence-corrected chi connectivity index (χ0v) is 10.2. The highest BCUT2D eigenvalue weighted by molar-refractivity contribution is 5.19. The molecule has 0 N–H and O–H groups in total. The summed E-state index contributed by atoms with van der Waals surface area (Å²) in [4.78, 5) is 2.53. The van der Waals surface area contributed by atoms with Crippen LogP contribution >= 0.6 is 0 Å². The average molecular weight is 229 g/mol. The second-order valence-electron chi connectivity index (χ2n) is 4.92. The van der Waals surface area contributed by atoms with Gasteiger partial charge in [0.05, 0.1) is 12.4 Å². The Morgan fingerprint density at radius 3 is 2.88 bits per heavy atom. The van der Waals surface area contributed by atoms with E-state index < -0.39 is 0 Å². The maximum atomic E-state index is 5.73. The fraction of sp³-hybridized carbons (Fsp3) is 0.467. The van der Waals surface area contributed by atoms with Crippen molar-refractivity contribution in [1.29, 1.82) is 0 Å². The first-order valence-corrected chi connectivity index (χ1v) is 6.52. The van der Waals surface area contributed by atoms with Gasteiger partial charge in [0.15, 0.2) is 0 Å². The van der Waals surface area contributed by atoms with Gasteiger partial charge >= 0.3 is 0 Å². The van der Waals surface area contributed by atoms with Crippen LogP contribution < -0.4 is 0 Å². The van der Waals surface area contributed by atoms with Crippen LogP contribution in [-0.2, 0) is 11.3 Å². The van der Waals surface area contributed by atoms with Gasteiger partial charge < -0.3 is 4.74 Å². The highest BCUT2D eigenvalue weighted by atomic mass is 16.5. The molecule has 1 aromatic rings. The SMILES string of the molecule is c1ccc(CN2CCC3=C(CCCO3)C2)cc1. The number of benzene rings is 1. The van der Waals surface area contributed by atoms with Crippen molar-refractivity contribution in [1.82, 2.24) is 4.90 Å². The average Bonchev–Trinajstić information content (AvgIpc) is 2.40. The lowest BCUT2D eigenvalue weighted by Gasteiger charge is -2.33. The van der Waals surface area contributed by atoms with Gasteiger partial charge in [0, 0.05) is 26.1 Å². The molecule has 0 bridgehead atoms. The third-order valence-corrected chi connectivity index (χ3v) is 3.61. The third-order valence-electron chi connectivity index (χ3n) is 3.61. The molecule has 0 saturated carbocycles. The minimum atomic E-state index is 0.928. The van der Waals surface area contributed by atoms with Gasteiger partial charge in [-0.15, -0.1) is 0 Å². The Bertz CT molecular complexity index is 410. The van der Waals surface area contributed by atoms with Crippen molar-refractivity contribution >= 4 is 0 Å². The molecular weight excluding hydrogens is 210 g/mol. The molecule has 3 rings (SSSR count). The summed E-state index contributed by atoms with van der Waals surface area (Å²) in [6.45, 7) is 4.23.